The highest BCUT2D eigenvalue weighted by molar-refractivity contribution is 7.98. The van der Waals surface area contributed by atoms with E-state index in [2.05, 4.69) is 9.97 Å². The summed E-state index contributed by atoms with van der Waals surface area (Å²) in [5, 5.41) is 0.941. The summed E-state index contributed by atoms with van der Waals surface area (Å²) in [4.78, 5) is 20.2. The van der Waals surface area contributed by atoms with Gasteiger partial charge in [-0.15, -0.1) is 0 Å². The quantitative estimate of drug-likeness (QED) is 0.152. The summed E-state index contributed by atoms with van der Waals surface area (Å²) in [7, 11) is 0. The number of hydrogen-bond donors (Lipinski definition) is 0. The summed E-state index contributed by atoms with van der Waals surface area (Å²) >= 11 is 1.42. The number of fused-ring (bicyclic) bond motifs is 1. The topological polar surface area (TPSA) is 74.5 Å². The standard InChI is InChI=1S/C23H18F2N2O4S/c24-16-4-2-15(3-5-16)14-32-23-26-9-8-21(27-23)30-11-1-10-29-20-13-22(28)31-19-7-6-17(25)12-18(19)20/h2-9,12-13H,1,10-11,14H2. The molecule has 0 saturated heterocycles. The van der Waals surface area contributed by atoms with Gasteiger partial charge in [0, 0.05) is 24.4 Å². The van der Waals surface area contributed by atoms with Crippen molar-refractivity contribution in [3.05, 3.63) is 88.4 Å². The second kappa shape index (κ2) is 10.2. The molecule has 2 aromatic heterocycles. The maximum absolute atomic E-state index is 13.5. The lowest BCUT2D eigenvalue weighted by atomic mass is 10.2. The summed E-state index contributed by atoms with van der Waals surface area (Å²) in [6, 6.07) is 13.0. The molecule has 0 aliphatic carbocycles. The molecular formula is C23H18F2N2O4S. The highest BCUT2D eigenvalue weighted by Gasteiger charge is 2.08. The van der Waals surface area contributed by atoms with Crippen LogP contribution in [0.25, 0.3) is 11.0 Å². The molecule has 2 heterocycles. The van der Waals surface area contributed by atoms with E-state index in [1.165, 1.54) is 48.2 Å². The van der Waals surface area contributed by atoms with Gasteiger partial charge in [-0.05, 0) is 35.9 Å². The molecular weight excluding hydrogens is 438 g/mol. The highest BCUT2D eigenvalue weighted by Crippen LogP contribution is 2.25. The first-order chi connectivity index (χ1) is 15.6. The fraction of sp³-hybridized carbons (Fsp3) is 0.174. The van der Waals surface area contributed by atoms with Crippen LogP contribution in [0.1, 0.15) is 12.0 Å². The average molecular weight is 456 g/mol. The maximum atomic E-state index is 13.5. The second-order valence-corrected chi connectivity index (χ2v) is 7.66. The minimum atomic E-state index is -0.568. The Labute approximate surface area is 186 Å². The summed E-state index contributed by atoms with van der Waals surface area (Å²) in [6.07, 6.45) is 2.12. The molecule has 0 unspecified atom stereocenters. The number of hydrogen-bond acceptors (Lipinski definition) is 7. The minimum absolute atomic E-state index is 0.256. The van der Waals surface area contributed by atoms with Crippen molar-refractivity contribution in [2.75, 3.05) is 13.2 Å². The van der Waals surface area contributed by atoms with Crippen molar-refractivity contribution in [3.63, 3.8) is 0 Å². The van der Waals surface area contributed by atoms with E-state index in [1.54, 1.807) is 24.4 Å². The van der Waals surface area contributed by atoms with Gasteiger partial charge in [0.05, 0.1) is 24.7 Å². The van der Waals surface area contributed by atoms with E-state index in [0.29, 0.717) is 35.2 Å². The third kappa shape index (κ3) is 5.82. The third-order valence-electron chi connectivity index (χ3n) is 4.35. The monoisotopic (exact) mass is 456 g/mol. The molecule has 2 aromatic carbocycles. The predicted molar refractivity (Wildman–Crippen MR) is 116 cm³/mol. The first kappa shape index (κ1) is 21.8. The van der Waals surface area contributed by atoms with Gasteiger partial charge in [-0.3, -0.25) is 0 Å². The Hall–Kier alpha value is -3.46. The molecule has 32 heavy (non-hydrogen) atoms. The van der Waals surface area contributed by atoms with Crippen molar-refractivity contribution < 1.29 is 22.7 Å². The number of ether oxygens (including phenoxy) is 2. The van der Waals surface area contributed by atoms with Gasteiger partial charge < -0.3 is 13.9 Å². The number of thioether (sulfide) groups is 1. The van der Waals surface area contributed by atoms with Gasteiger partial charge >= 0.3 is 5.63 Å². The Bertz CT molecular complexity index is 1270. The Morgan fingerprint density at radius 3 is 2.56 bits per heavy atom. The summed E-state index contributed by atoms with van der Waals surface area (Å²) in [5.41, 5.74) is 0.657. The zero-order chi connectivity index (χ0) is 22.3. The lowest BCUT2D eigenvalue weighted by Gasteiger charge is -2.09. The first-order valence-corrected chi connectivity index (χ1v) is 10.7. The summed E-state index contributed by atoms with van der Waals surface area (Å²) in [6.45, 7) is 0.582. The van der Waals surface area contributed by atoms with Crippen LogP contribution >= 0.6 is 11.8 Å². The van der Waals surface area contributed by atoms with Gasteiger partial charge in [0.2, 0.25) is 5.88 Å². The van der Waals surface area contributed by atoms with E-state index >= 15 is 0 Å². The number of halogens is 2. The molecule has 0 bridgehead atoms. The van der Waals surface area contributed by atoms with Crippen LogP contribution in [0.15, 0.2) is 75.2 Å². The Kier molecular flexibility index (Phi) is 6.96. The van der Waals surface area contributed by atoms with Crippen LogP contribution < -0.4 is 15.1 Å². The highest BCUT2D eigenvalue weighted by atomic mass is 32.2. The van der Waals surface area contributed by atoms with Crippen molar-refractivity contribution in [1.29, 1.82) is 0 Å². The van der Waals surface area contributed by atoms with Crippen molar-refractivity contribution in [1.82, 2.24) is 9.97 Å². The maximum Gasteiger partial charge on any atom is 0.339 e. The lowest BCUT2D eigenvalue weighted by molar-refractivity contribution is 0.241. The Balaban J connectivity index is 1.27. The van der Waals surface area contributed by atoms with Crippen LogP contribution in [0.4, 0.5) is 8.78 Å². The van der Waals surface area contributed by atoms with Crippen LogP contribution in [0, 0.1) is 11.6 Å². The van der Waals surface area contributed by atoms with Crippen molar-refractivity contribution in [2.24, 2.45) is 0 Å². The largest absolute Gasteiger partial charge is 0.492 e. The molecule has 0 atom stereocenters. The van der Waals surface area contributed by atoms with Crippen LogP contribution in [-0.4, -0.2) is 23.2 Å². The van der Waals surface area contributed by atoms with Crippen molar-refractivity contribution >= 4 is 22.7 Å². The van der Waals surface area contributed by atoms with E-state index in [-0.39, 0.29) is 23.8 Å². The normalized spacial score (nSPS) is 10.9. The van der Waals surface area contributed by atoms with Crippen LogP contribution in [-0.2, 0) is 5.75 Å². The van der Waals surface area contributed by atoms with Gasteiger partial charge in [0.25, 0.3) is 0 Å². The molecule has 0 aliphatic rings. The zero-order valence-corrected chi connectivity index (χ0v) is 17.6. The SMILES string of the molecule is O=c1cc(OCCCOc2ccnc(SCc3ccc(F)cc3)n2)c2cc(F)ccc2o1. The van der Waals surface area contributed by atoms with Gasteiger partial charge in [0.15, 0.2) is 5.16 Å². The number of rotatable bonds is 9. The molecule has 4 rings (SSSR count). The number of benzene rings is 2. The van der Waals surface area contributed by atoms with Crippen molar-refractivity contribution in [3.8, 4) is 11.6 Å². The Morgan fingerprint density at radius 1 is 0.938 bits per heavy atom. The molecule has 164 valence electrons. The minimum Gasteiger partial charge on any atom is -0.492 e. The van der Waals surface area contributed by atoms with E-state index in [9.17, 15) is 13.6 Å². The smallest absolute Gasteiger partial charge is 0.339 e. The van der Waals surface area contributed by atoms with E-state index in [0.717, 1.165) is 5.56 Å². The van der Waals surface area contributed by atoms with Crippen LogP contribution in [0.3, 0.4) is 0 Å². The van der Waals surface area contributed by atoms with Gasteiger partial charge in [-0.1, -0.05) is 23.9 Å². The van der Waals surface area contributed by atoms with E-state index in [1.807, 2.05) is 0 Å². The molecule has 0 N–H and O–H groups in total. The number of aromatic nitrogens is 2. The lowest BCUT2D eigenvalue weighted by Crippen LogP contribution is -2.08. The van der Waals surface area contributed by atoms with Crippen LogP contribution in [0.5, 0.6) is 11.6 Å². The molecule has 0 amide bonds. The van der Waals surface area contributed by atoms with Crippen molar-refractivity contribution in [2.45, 2.75) is 17.3 Å². The molecule has 4 aromatic rings. The fourth-order valence-corrected chi connectivity index (χ4v) is 3.63. The number of nitrogens with zero attached hydrogens (tertiary/aromatic N) is 2. The van der Waals surface area contributed by atoms with Gasteiger partial charge in [-0.25, -0.2) is 18.6 Å². The summed E-state index contributed by atoms with van der Waals surface area (Å²) in [5.74, 6) is 0.575. The molecule has 0 saturated carbocycles. The Morgan fingerprint density at radius 2 is 1.72 bits per heavy atom. The fourth-order valence-electron chi connectivity index (χ4n) is 2.85. The van der Waals surface area contributed by atoms with Gasteiger partial charge in [-0.2, -0.15) is 4.98 Å². The third-order valence-corrected chi connectivity index (χ3v) is 5.28. The molecule has 6 nitrogen and oxygen atoms in total. The molecule has 0 radical (unpaired) electrons. The van der Waals surface area contributed by atoms with E-state index < -0.39 is 11.4 Å². The first-order valence-electron chi connectivity index (χ1n) is 9.76. The van der Waals surface area contributed by atoms with Gasteiger partial charge in [0.1, 0.15) is 23.0 Å². The molecule has 0 aliphatic heterocycles. The summed E-state index contributed by atoms with van der Waals surface area (Å²) < 4.78 is 42.8. The second-order valence-electron chi connectivity index (χ2n) is 6.71. The molecule has 9 heteroatoms. The molecule has 0 fully saturated rings. The zero-order valence-electron chi connectivity index (χ0n) is 16.8. The predicted octanol–water partition coefficient (Wildman–Crippen LogP) is 5.00. The van der Waals surface area contributed by atoms with E-state index in [4.69, 9.17) is 13.9 Å². The van der Waals surface area contributed by atoms with Crippen LogP contribution in [0.2, 0.25) is 0 Å². The molecule has 0 spiro atoms. The average Bonchev–Trinajstić information content (AvgIpc) is 2.79.